The number of hydrogen-bond donors (Lipinski definition) is 2. The highest BCUT2D eigenvalue weighted by molar-refractivity contribution is 5.97. The van der Waals surface area contributed by atoms with E-state index in [1.807, 2.05) is 0 Å². The molecule has 2 rings (SSSR count). The SMILES string of the molecule is Cn1ncc(N)c1C(=O)NCCCN1CCOCC1. The Kier molecular flexibility index (Phi) is 4.75. The number of rotatable bonds is 5. The summed E-state index contributed by atoms with van der Waals surface area (Å²) in [6.07, 6.45) is 2.41. The van der Waals surface area contributed by atoms with Crippen LogP contribution in [0.1, 0.15) is 16.9 Å². The molecule has 1 amide bonds. The second-order valence-corrected chi connectivity index (χ2v) is 4.64. The Morgan fingerprint density at radius 2 is 2.26 bits per heavy atom. The molecular formula is C12H21N5O2. The number of morpholine rings is 1. The van der Waals surface area contributed by atoms with Crippen molar-refractivity contribution in [3.63, 3.8) is 0 Å². The largest absolute Gasteiger partial charge is 0.396 e. The van der Waals surface area contributed by atoms with Gasteiger partial charge in [-0.1, -0.05) is 0 Å². The van der Waals surface area contributed by atoms with Gasteiger partial charge in [-0.15, -0.1) is 0 Å². The molecule has 2 heterocycles. The Bertz CT molecular complexity index is 406. The summed E-state index contributed by atoms with van der Waals surface area (Å²) in [5.74, 6) is -0.167. The Morgan fingerprint density at radius 3 is 2.89 bits per heavy atom. The molecule has 0 aromatic carbocycles. The van der Waals surface area contributed by atoms with Gasteiger partial charge in [0, 0.05) is 26.7 Å². The average Bonchev–Trinajstić information content (AvgIpc) is 2.75. The number of aryl methyl sites for hydroxylation is 1. The zero-order chi connectivity index (χ0) is 13.7. The maximum absolute atomic E-state index is 11.9. The van der Waals surface area contributed by atoms with Crippen LogP contribution in [-0.4, -0.2) is 60.0 Å². The van der Waals surface area contributed by atoms with Gasteiger partial charge in [0.1, 0.15) is 5.69 Å². The molecule has 3 N–H and O–H groups in total. The van der Waals surface area contributed by atoms with Gasteiger partial charge < -0.3 is 15.8 Å². The minimum absolute atomic E-state index is 0.167. The number of nitrogens with zero attached hydrogens (tertiary/aromatic N) is 3. The Hall–Kier alpha value is -1.60. The zero-order valence-corrected chi connectivity index (χ0v) is 11.3. The predicted molar refractivity (Wildman–Crippen MR) is 71.8 cm³/mol. The number of anilines is 1. The molecule has 0 bridgehead atoms. The normalized spacial score (nSPS) is 16.5. The van der Waals surface area contributed by atoms with E-state index in [0.29, 0.717) is 17.9 Å². The molecule has 1 aromatic rings. The molecule has 1 fully saturated rings. The summed E-state index contributed by atoms with van der Waals surface area (Å²) in [5, 5.41) is 6.82. The second-order valence-electron chi connectivity index (χ2n) is 4.64. The Balaban J connectivity index is 1.69. The first-order chi connectivity index (χ1) is 9.18. The topological polar surface area (TPSA) is 85.4 Å². The lowest BCUT2D eigenvalue weighted by Gasteiger charge is -2.26. The van der Waals surface area contributed by atoms with Crippen LogP contribution in [0.2, 0.25) is 0 Å². The molecule has 0 radical (unpaired) electrons. The third-order valence-corrected chi connectivity index (χ3v) is 3.22. The van der Waals surface area contributed by atoms with Gasteiger partial charge in [-0.05, 0) is 13.0 Å². The van der Waals surface area contributed by atoms with Crippen LogP contribution in [-0.2, 0) is 11.8 Å². The third-order valence-electron chi connectivity index (χ3n) is 3.22. The van der Waals surface area contributed by atoms with E-state index in [0.717, 1.165) is 39.3 Å². The van der Waals surface area contributed by atoms with Gasteiger partial charge >= 0.3 is 0 Å². The summed E-state index contributed by atoms with van der Waals surface area (Å²) < 4.78 is 6.78. The first-order valence-corrected chi connectivity index (χ1v) is 6.54. The van der Waals surface area contributed by atoms with Crippen molar-refractivity contribution in [3.8, 4) is 0 Å². The quantitative estimate of drug-likeness (QED) is 0.700. The van der Waals surface area contributed by atoms with Crippen molar-refractivity contribution in [2.24, 2.45) is 7.05 Å². The number of aromatic nitrogens is 2. The number of ether oxygens (including phenoxy) is 1. The van der Waals surface area contributed by atoms with Crippen LogP contribution in [0, 0.1) is 0 Å². The fourth-order valence-electron chi connectivity index (χ4n) is 2.15. The van der Waals surface area contributed by atoms with Crippen molar-refractivity contribution in [1.82, 2.24) is 20.0 Å². The number of hydrogen-bond acceptors (Lipinski definition) is 5. The molecule has 19 heavy (non-hydrogen) atoms. The highest BCUT2D eigenvalue weighted by atomic mass is 16.5. The maximum atomic E-state index is 11.9. The molecule has 1 saturated heterocycles. The summed E-state index contributed by atoms with van der Waals surface area (Å²) in [5.41, 5.74) is 6.53. The van der Waals surface area contributed by atoms with Crippen molar-refractivity contribution < 1.29 is 9.53 Å². The van der Waals surface area contributed by atoms with Crippen molar-refractivity contribution in [2.45, 2.75) is 6.42 Å². The second kappa shape index (κ2) is 6.53. The number of nitrogens with one attached hydrogen (secondary N) is 1. The van der Waals surface area contributed by atoms with Gasteiger partial charge in [0.2, 0.25) is 0 Å². The van der Waals surface area contributed by atoms with E-state index < -0.39 is 0 Å². The molecule has 106 valence electrons. The molecular weight excluding hydrogens is 246 g/mol. The lowest BCUT2D eigenvalue weighted by atomic mass is 10.3. The number of carbonyl (C=O) groups excluding carboxylic acids is 1. The number of nitrogens with two attached hydrogens (primary N) is 1. The van der Waals surface area contributed by atoms with E-state index in [-0.39, 0.29) is 5.91 Å². The lowest BCUT2D eigenvalue weighted by molar-refractivity contribution is 0.0374. The van der Waals surface area contributed by atoms with E-state index in [1.165, 1.54) is 10.9 Å². The van der Waals surface area contributed by atoms with Crippen LogP contribution in [0.15, 0.2) is 6.20 Å². The molecule has 1 aliphatic rings. The van der Waals surface area contributed by atoms with Gasteiger partial charge in [0.05, 0.1) is 25.1 Å². The number of nitrogen functional groups attached to an aromatic ring is 1. The van der Waals surface area contributed by atoms with Gasteiger partial charge in [0.15, 0.2) is 0 Å². The molecule has 0 spiro atoms. The highest BCUT2D eigenvalue weighted by Gasteiger charge is 2.14. The van der Waals surface area contributed by atoms with Crippen molar-refractivity contribution >= 4 is 11.6 Å². The van der Waals surface area contributed by atoms with Gasteiger partial charge in [-0.3, -0.25) is 14.4 Å². The lowest BCUT2D eigenvalue weighted by Crippen LogP contribution is -2.38. The van der Waals surface area contributed by atoms with Gasteiger partial charge in [-0.25, -0.2) is 0 Å². The summed E-state index contributed by atoms with van der Waals surface area (Å²) >= 11 is 0. The summed E-state index contributed by atoms with van der Waals surface area (Å²) in [6.45, 7) is 5.17. The third kappa shape index (κ3) is 3.68. The highest BCUT2D eigenvalue weighted by Crippen LogP contribution is 2.08. The van der Waals surface area contributed by atoms with Crippen LogP contribution in [0.25, 0.3) is 0 Å². The fourth-order valence-corrected chi connectivity index (χ4v) is 2.15. The first-order valence-electron chi connectivity index (χ1n) is 6.54. The van der Waals surface area contributed by atoms with E-state index in [1.54, 1.807) is 7.05 Å². The van der Waals surface area contributed by atoms with Crippen molar-refractivity contribution in [2.75, 3.05) is 45.1 Å². The molecule has 0 atom stereocenters. The van der Waals surface area contributed by atoms with Crippen LogP contribution >= 0.6 is 0 Å². The summed E-state index contributed by atoms with van der Waals surface area (Å²) in [7, 11) is 1.71. The molecule has 1 aliphatic heterocycles. The van der Waals surface area contributed by atoms with Crippen molar-refractivity contribution in [1.29, 1.82) is 0 Å². The van der Waals surface area contributed by atoms with Crippen LogP contribution in [0.4, 0.5) is 5.69 Å². The Morgan fingerprint density at radius 1 is 1.53 bits per heavy atom. The van der Waals surface area contributed by atoms with Gasteiger partial charge in [-0.2, -0.15) is 5.10 Å². The monoisotopic (exact) mass is 267 g/mol. The molecule has 7 heteroatoms. The standard InChI is InChI=1S/C12H21N5O2/c1-16-11(10(13)9-15-16)12(18)14-3-2-4-17-5-7-19-8-6-17/h9H,2-8,13H2,1H3,(H,14,18). The predicted octanol–water partition coefficient (Wildman–Crippen LogP) is -0.546. The first kappa shape index (κ1) is 13.8. The number of carbonyl (C=O) groups is 1. The fraction of sp³-hybridized carbons (Fsp3) is 0.667. The minimum atomic E-state index is -0.167. The van der Waals surface area contributed by atoms with Crippen LogP contribution < -0.4 is 11.1 Å². The maximum Gasteiger partial charge on any atom is 0.271 e. The number of amides is 1. The van der Waals surface area contributed by atoms with Crippen LogP contribution in [0.5, 0.6) is 0 Å². The molecule has 7 nitrogen and oxygen atoms in total. The average molecular weight is 267 g/mol. The van der Waals surface area contributed by atoms with Gasteiger partial charge in [0.25, 0.3) is 5.91 Å². The smallest absolute Gasteiger partial charge is 0.271 e. The molecule has 1 aromatic heterocycles. The minimum Gasteiger partial charge on any atom is -0.396 e. The van der Waals surface area contributed by atoms with E-state index in [9.17, 15) is 4.79 Å². The van der Waals surface area contributed by atoms with Crippen LogP contribution in [0.3, 0.4) is 0 Å². The molecule has 0 saturated carbocycles. The molecule has 0 aliphatic carbocycles. The van der Waals surface area contributed by atoms with E-state index in [4.69, 9.17) is 10.5 Å². The Labute approximate surface area is 112 Å². The van der Waals surface area contributed by atoms with E-state index in [2.05, 4.69) is 15.3 Å². The molecule has 0 unspecified atom stereocenters. The van der Waals surface area contributed by atoms with E-state index >= 15 is 0 Å². The summed E-state index contributed by atoms with van der Waals surface area (Å²) in [6, 6.07) is 0. The summed E-state index contributed by atoms with van der Waals surface area (Å²) in [4.78, 5) is 14.3. The van der Waals surface area contributed by atoms with Crippen molar-refractivity contribution in [3.05, 3.63) is 11.9 Å². The zero-order valence-electron chi connectivity index (χ0n) is 11.3.